The number of ether oxygens (including phenoxy) is 1. The predicted molar refractivity (Wildman–Crippen MR) is 91.6 cm³/mol. The van der Waals surface area contributed by atoms with Gasteiger partial charge in [-0.15, -0.1) is 0 Å². The normalized spacial score (nSPS) is 12.5. The topological polar surface area (TPSA) is 84.5 Å². The average molecular weight is 332 g/mol. The number of amides is 2. The summed E-state index contributed by atoms with van der Waals surface area (Å²) in [7, 11) is 0. The van der Waals surface area contributed by atoms with E-state index in [1.165, 1.54) is 19.9 Å². The van der Waals surface area contributed by atoms with Crippen LogP contribution >= 0.6 is 0 Å². The maximum atomic E-state index is 12.3. The summed E-state index contributed by atoms with van der Waals surface area (Å²) in [6, 6.07) is 9.03. The van der Waals surface area contributed by atoms with Crippen molar-refractivity contribution in [1.82, 2.24) is 10.6 Å². The first-order chi connectivity index (χ1) is 11.3. The van der Waals surface area contributed by atoms with Gasteiger partial charge in [0.1, 0.15) is 5.70 Å². The molecule has 6 nitrogen and oxygen atoms in total. The molecule has 0 saturated carbocycles. The van der Waals surface area contributed by atoms with Gasteiger partial charge in [0.15, 0.2) is 6.10 Å². The molecule has 0 aliphatic rings. The number of carbonyl (C=O) groups is 3. The molecule has 0 bridgehead atoms. The van der Waals surface area contributed by atoms with Crippen molar-refractivity contribution in [1.29, 1.82) is 0 Å². The van der Waals surface area contributed by atoms with Crippen LogP contribution < -0.4 is 10.6 Å². The zero-order valence-corrected chi connectivity index (χ0v) is 14.5. The molecular weight excluding hydrogens is 308 g/mol. The molecule has 130 valence electrons. The highest BCUT2D eigenvalue weighted by atomic mass is 16.5. The largest absolute Gasteiger partial charge is 0.448 e. The van der Waals surface area contributed by atoms with E-state index in [2.05, 4.69) is 10.6 Å². The lowest BCUT2D eigenvalue weighted by Gasteiger charge is -2.16. The minimum Gasteiger partial charge on any atom is -0.448 e. The summed E-state index contributed by atoms with van der Waals surface area (Å²) in [5.74, 6) is -1.24. The molecule has 0 fully saturated rings. The first-order valence-corrected chi connectivity index (χ1v) is 7.82. The molecule has 0 unspecified atom stereocenters. The molecular formula is C18H24N2O4. The van der Waals surface area contributed by atoms with Gasteiger partial charge in [0.25, 0.3) is 5.91 Å². The van der Waals surface area contributed by atoms with Crippen molar-refractivity contribution in [3.05, 3.63) is 41.6 Å². The second kappa shape index (κ2) is 9.50. The smallest absolute Gasteiger partial charge is 0.355 e. The van der Waals surface area contributed by atoms with Crippen LogP contribution in [0.25, 0.3) is 6.08 Å². The highest BCUT2D eigenvalue weighted by molar-refractivity contribution is 5.98. The van der Waals surface area contributed by atoms with Crippen LogP contribution in [-0.4, -0.2) is 30.4 Å². The number of hydrogen-bond acceptors (Lipinski definition) is 4. The number of hydrogen-bond donors (Lipinski definition) is 2. The zero-order chi connectivity index (χ0) is 18.1. The third-order valence-electron chi connectivity index (χ3n) is 2.98. The summed E-state index contributed by atoms with van der Waals surface area (Å²) in [4.78, 5) is 35.4. The fourth-order valence-corrected chi connectivity index (χ4v) is 1.78. The highest BCUT2D eigenvalue weighted by Crippen LogP contribution is 2.08. The van der Waals surface area contributed by atoms with E-state index < -0.39 is 18.0 Å². The Balaban J connectivity index is 2.80. The maximum absolute atomic E-state index is 12.3. The molecule has 0 heterocycles. The Bertz CT molecular complexity index is 609. The first-order valence-electron chi connectivity index (χ1n) is 7.82. The summed E-state index contributed by atoms with van der Waals surface area (Å²) in [5, 5.41) is 5.13. The quantitative estimate of drug-likeness (QED) is 0.590. The fourth-order valence-electron chi connectivity index (χ4n) is 1.78. The van der Waals surface area contributed by atoms with Crippen LogP contribution in [0.2, 0.25) is 0 Å². The summed E-state index contributed by atoms with van der Waals surface area (Å²) in [5.41, 5.74) is 0.715. The van der Waals surface area contributed by atoms with E-state index in [4.69, 9.17) is 4.74 Å². The van der Waals surface area contributed by atoms with E-state index >= 15 is 0 Å². The first kappa shape index (κ1) is 19.4. The molecule has 1 aromatic rings. The van der Waals surface area contributed by atoms with Crippen molar-refractivity contribution < 1.29 is 19.1 Å². The monoisotopic (exact) mass is 332 g/mol. The standard InChI is InChI=1S/C18H24N2O4/c1-12(2)11-19-17(22)13(3)24-18(23)16(20-14(4)21)10-15-8-6-5-7-9-15/h5-10,12-13H,11H2,1-4H3,(H,19,22)(H,20,21)/b16-10-/t13-/m1/s1. The van der Waals surface area contributed by atoms with Crippen LogP contribution in [0.4, 0.5) is 0 Å². The van der Waals surface area contributed by atoms with Gasteiger partial charge in [0.2, 0.25) is 5.91 Å². The maximum Gasteiger partial charge on any atom is 0.355 e. The average Bonchev–Trinajstić information content (AvgIpc) is 2.52. The lowest BCUT2D eigenvalue weighted by atomic mass is 10.2. The fraction of sp³-hybridized carbons (Fsp3) is 0.389. The molecule has 0 saturated heterocycles. The molecule has 0 spiro atoms. The molecule has 0 aliphatic heterocycles. The van der Waals surface area contributed by atoms with E-state index in [0.717, 1.165) is 5.56 Å². The van der Waals surface area contributed by atoms with Gasteiger partial charge in [-0.05, 0) is 24.5 Å². The Morgan fingerprint density at radius 3 is 2.29 bits per heavy atom. The van der Waals surface area contributed by atoms with Crippen molar-refractivity contribution in [2.75, 3.05) is 6.54 Å². The van der Waals surface area contributed by atoms with Gasteiger partial charge < -0.3 is 15.4 Å². The van der Waals surface area contributed by atoms with Gasteiger partial charge in [0, 0.05) is 13.5 Å². The van der Waals surface area contributed by atoms with Gasteiger partial charge in [-0.2, -0.15) is 0 Å². The number of carbonyl (C=O) groups excluding carboxylic acids is 3. The minimum absolute atomic E-state index is 0.0165. The summed E-state index contributed by atoms with van der Waals surface area (Å²) < 4.78 is 5.15. The SMILES string of the molecule is CC(=O)N/C(=C\c1ccccc1)C(=O)O[C@H](C)C(=O)NCC(C)C. The van der Waals surface area contributed by atoms with Crippen LogP contribution in [0, 0.1) is 5.92 Å². The van der Waals surface area contributed by atoms with E-state index in [1.54, 1.807) is 12.1 Å². The Labute approximate surface area is 142 Å². The van der Waals surface area contributed by atoms with E-state index in [9.17, 15) is 14.4 Å². The molecule has 2 amide bonds. The Kier molecular flexibility index (Phi) is 7.68. The Hall–Kier alpha value is -2.63. The number of rotatable bonds is 7. The van der Waals surface area contributed by atoms with Crippen LogP contribution in [0.15, 0.2) is 36.0 Å². The zero-order valence-electron chi connectivity index (χ0n) is 14.5. The number of esters is 1. The van der Waals surface area contributed by atoms with Crippen LogP contribution in [0.1, 0.15) is 33.3 Å². The lowest BCUT2D eigenvalue weighted by Crippen LogP contribution is -2.39. The van der Waals surface area contributed by atoms with Crippen molar-refractivity contribution in [3.8, 4) is 0 Å². The number of benzene rings is 1. The van der Waals surface area contributed by atoms with Crippen LogP contribution in [0.5, 0.6) is 0 Å². The van der Waals surface area contributed by atoms with Crippen LogP contribution in [0.3, 0.4) is 0 Å². The molecule has 1 aromatic carbocycles. The van der Waals surface area contributed by atoms with Gasteiger partial charge in [0.05, 0.1) is 0 Å². The highest BCUT2D eigenvalue weighted by Gasteiger charge is 2.21. The lowest BCUT2D eigenvalue weighted by molar-refractivity contribution is -0.151. The van der Waals surface area contributed by atoms with Gasteiger partial charge in [-0.1, -0.05) is 44.2 Å². The summed E-state index contributed by atoms with van der Waals surface area (Å²) in [6.07, 6.45) is 0.548. The van der Waals surface area contributed by atoms with Crippen molar-refractivity contribution in [2.24, 2.45) is 5.92 Å². The molecule has 0 aromatic heterocycles. The van der Waals surface area contributed by atoms with Gasteiger partial charge in [-0.3, -0.25) is 9.59 Å². The molecule has 1 atom stereocenters. The second-order valence-electron chi connectivity index (χ2n) is 5.84. The third-order valence-corrected chi connectivity index (χ3v) is 2.98. The minimum atomic E-state index is -0.954. The third kappa shape index (κ3) is 7.09. The molecule has 6 heteroatoms. The van der Waals surface area contributed by atoms with Crippen molar-refractivity contribution >= 4 is 23.9 Å². The Morgan fingerprint density at radius 2 is 1.75 bits per heavy atom. The second-order valence-corrected chi connectivity index (χ2v) is 5.84. The molecule has 24 heavy (non-hydrogen) atoms. The van der Waals surface area contributed by atoms with Gasteiger partial charge >= 0.3 is 5.97 Å². The Morgan fingerprint density at radius 1 is 1.12 bits per heavy atom. The molecule has 0 aliphatic carbocycles. The van der Waals surface area contributed by atoms with E-state index in [0.29, 0.717) is 12.5 Å². The number of nitrogens with one attached hydrogen (secondary N) is 2. The van der Waals surface area contributed by atoms with Crippen molar-refractivity contribution in [2.45, 2.75) is 33.8 Å². The predicted octanol–water partition coefficient (Wildman–Crippen LogP) is 1.87. The van der Waals surface area contributed by atoms with E-state index in [-0.39, 0.29) is 11.6 Å². The summed E-state index contributed by atoms with van der Waals surface area (Å²) in [6.45, 7) is 7.22. The van der Waals surface area contributed by atoms with Crippen LogP contribution in [-0.2, 0) is 19.1 Å². The molecule has 1 rings (SSSR count). The molecule has 2 N–H and O–H groups in total. The summed E-state index contributed by atoms with van der Waals surface area (Å²) >= 11 is 0. The van der Waals surface area contributed by atoms with Gasteiger partial charge in [-0.25, -0.2) is 4.79 Å². The molecule has 0 radical (unpaired) electrons. The van der Waals surface area contributed by atoms with Crippen molar-refractivity contribution in [3.63, 3.8) is 0 Å². The van der Waals surface area contributed by atoms with E-state index in [1.807, 2.05) is 32.0 Å².